The Morgan fingerprint density at radius 3 is 2.80 bits per heavy atom. The van der Waals surface area contributed by atoms with Crippen molar-refractivity contribution in [3.63, 3.8) is 0 Å². The number of fused-ring (bicyclic) bond motifs is 2. The third-order valence-electron chi connectivity index (χ3n) is 5.08. The van der Waals surface area contributed by atoms with Gasteiger partial charge in [-0.15, -0.1) is 0 Å². The zero-order valence-corrected chi connectivity index (χ0v) is 12.7. The molecule has 0 saturated heterocycles. The highest BCUT2D eigenvalue weighted by Gasteiger charge is 2.39. The van der Waals surface area contributed by atoms with Crippen molar-refractivity contribution in [2.45, 2.75) is 45.4 Å². The largest absolute Gasteiger partial charge is 0.359 e. The Balaban J connectivity index is 1.73. The van der Waals surface area contributed by atoms with Gasteiger partial charge in [-0.25, -0.2) is 4.98 Å². The van der Waals surface area contributed by atoms with Crippen molar-refractivity contribution in [2.24, 2.45) is 17.8 Å². The van der Waals surface area contributed by atoms with Gasteiger partial charge in [-0.2, -0.15) is 0 Å². The smallest absolute Gasteiger partial charge is 0.252 e. The number of rotatable bonds is 4. The molecule has 0 aliphatic heterocycles. The van der Waals surface area contributed by atoms with Gasteiger partial charge in [0.2, 0.25) is 0 Å². The highest BCUT2D eigenvalue weighted by molar-refractivity contribution is 5.36. The number of hydrogen-bond acceptors (Lipinski definition) is 3. The minimum Gasteiger partial charge on any atom is -0.359 e. The molecule has 3 rings (SSSR count). The van der Waals surface area contributed by atoms with Crippen LogP contribution in [-0.4, -0.2) is 23.6 Å². The molecule has 2 bridgehead atoms. The first kappa shape index (κ1) is 13.7. The Morgan fingerprint density at radius 1 is 1.40 bits per heavy atom. The van der Waals surface area contributed by atoms with Crippen molar-refractivity contribution in [1.82, 2.24) is 9.97 Å². The number of anilines is 1. The molecule has 3 atom stereocenters. The lowest BCUT2D eigenvalue weighted by Crippen LogP contribution is -2.30. The van der Waals surface area contributed by atoms with Crippen molar-refractivity contribution >= 4 is 5.82 Å². The summed E-state index contributed by atoms with van der Waals surface area (Å²) >= 11 is 0. The Kier molecular flexibility index (Phi) is 3.57. The normalized spacial score (nSPS) is 28.3. The van der Waals surface area contributed by atoms with Gasteiger partial charge in [-0.3, -0.25) is 4.79 Å². The van der Waals surface area contributed by atoms with E-state index in [2.05, 4.69) is 35.8 Å². The lowest BCUT2D eigenvalue weighted by Gasteiger charge is -2.28. The first-order valence-corrected chi connectivity index (χ1v) is 7.85. The van der Waals surface area contributed by atoms with Gasteiger partial charge in [0.05, 0.1) is 0 Å². The molecule has 20 heavy (non-hydrogen) atoms. The van der Waals surface area contributed by atoms with Crippen LogP contribution in [0.15, 0.2) is 10.9 Å². The fourth-order valence-electron chi connectivity index (χ4n) is 3.98. The van der Waals surface area contributed by atoms with Crippen molar-refractivity contribution in [1.29, 1.82) is 0 Å². The average Bonchev–Trinajstić information content (AvgIpc) is 3.00. The summed E-state index contributed by atoms with van der Waals surface area (Å²) in [5, 5.41) is 0. The average molecular weight is 275 g/mol. The molecule has 0 aromatic carbocycles. The SMILES string of the molecule is CC(C)c1nc(N(C)CC2CC3CCC2C3)cc(=O)[nH]1. The number of aromatic nitrogens is 2. The maximum atomic E-state index is 11.8. The van der Waals surface area contributed by atoms with Gasteiger partial charge in [0.1, 0.15) is 11.6 Å². The van der Waals surface area contributed by atoms with Gasteiger partial charge >= 0.3 is 0 Å². The van der Waals surface area contributed by atoms with Crippen LogP contribution in [0.4, 0.5) is 5.82 Å². The van der Waals surface area contributed by atoms with Crippen molar-refractivity contribution in [2.75, 3.05) is 18.5 Å². The van der Waals surface area contributed by atoms with Crippen LogP contribution in [0.2, 0.25) is 0 Å². The number of nitrogens with zero attached hydrogens (tertiary/aromatic N) is 2. The Labute approximate surface area is 120 Å². The summed E-state index contributed by atoms with van der Waals surface area (Å²) in [6.07, 6.45) is 5.64. The monoisotopic (exact) mass is 275 g/mol. The van der Waals surface area contributed by atoms with E-state index in [-0.39, 0.29) is 11.5 Å². The summed E-state index contributed by atoms with van der Waals surface area (Å²) < 4.78 is 0. The van der Waals surface area contributed by atoms with E-state index in [1.807, 2.05) is 0 Å². The third-order valence-corrected chi connectivity index (χ3v) is 5.08. The summed E-state index contributed by atoms with van der Waals surface area (Å²) in [5.74, 6) is 4.53. The molecule has 1 N–H and O–H groups in total. The fourth-order valence-corrected chi connectivity index (χ4v) is 3.98. The topological polar surface area (TPSA) is 49.0 Å². The number of nitrogens with one attached hydrogen (secondary N) is 1. The number of H-pyrrole nitrogens is 1. The number of aromatic amines is 1. The quantitative estimate of drug-likeness (QED) is 0.919. The minimum atomic E-state index is -0.0431. The zero-order valence-electron chi connectivity index (χ0n) is 12.7. The van der Waals surface area contributed by atoms with E-state index in [0.717, 1.165) is 35.9 Å². The molecule has 2 fully saturated rings. The second-order valence-corrected chi connectivity index (χ2v) is 6.96. The van der Waals surface area contributed by atoms with Crippen LogP contribution in [0.25, 0.3) is 0 Å². The summed E-state index contributed by atoms with van der Waals surface area (Å²) in [6.45, 7) is 5.14. The van der Waals surface area contributed by atoms with Crippen LogP contribution in [0.3, 0.4) is 0 Å². The molecule has 110 valence electrons. The molecule has 4 nitrogen and oxygen atoms in total. The van der Waals surface area contributed by atoms with Crippen LogP contribution >= 0.6 is 0 Å². The molecule has 1 aromatic rings. The Bertz CT molecular complexity index is 537. The predicted molar refractivity (Wildman–Crippen MR) is 81.2 cm³/mol. The first-order chi connectivity index (χ1) is 9.52. The molecule has 0 radical (unpaired) electrons. The minimum absolute atomic E-state index is 0.0431. The predicted octanol–water partition coefficient (Wildman–Crippen LogP) is 2.77. The molecular weight excluding hydrogens is 250 g/mol. The maximum Gasteiger partial charge on any atom is 0.252 e. The van der Waals surface area contributed by atoms with Crippen molar-refractivity contribution < 1.29 is 0 Å². The molecule has 1 aromatic heterocycles. The van der Waals surface area contributed by atoms with Crippen LogP contribution in [0, 0.1) is 17.8 Å². The fraction of sp³-hybridized carbons (Fsp3) is 0.750. The maximum absolute atomic E-state index is 11.8. The van der Waals surface area contributed by atoms with Gasteiger partial charge < -0.3 is 9.88 Å². The zero-order chi connectivity index (χ0) is 14.3. The van der Waals surface area contributed by atoms with E-state index in [9.17, 15) is 4.79 Å². The second-order valence-electron chi connectivity index (χ2n) is 6.96. The molecule has 0 amide bonds. The molecule has 3 unspecified atom stereocenters. The van der Waals surface area contributed by atoms with Crippen LogP contribution in [-0.2, 0) is 0 Å². The standard InChI is InChI=1S/C16H25N3O/c1-10(2)16-17-14(8-15(20)18-16)19(3)9-13-7-11-4-5-12(13)6-11/h8,10-13H,4-7,9H2,1-3H3,(H,17,18,20). The van der Waals surface area contributed by atoms with Crippen molar-refractivity contribution in [3.8, 4) is 0 Å². The van der Waals surface area contributed by atoms with E-state index in [1.165, 1.54) is 25.7 Å². The Morgan fingerprint density at radius 2 is 2.20 bits per heavy atom. The van der Waals surface area contributed by atoms with Crippen LogP contribution < -0.4 is 10.5 Å². The van der Waals surface area contributed by atoms with Gasteiger partial charge in [0, 0.05) is 25.6 Å². The van der Waals surface area contributed by atoms with E-state index >= 15 is 0 Å². The van der Waals surface area contributed by atoms with Crippen LogP contribution in [0.1, 0.15) is 51.3 Å². The summed E-state index contributed by atoms with van der Waals surface area (Å²) in [6, 6.07) is 1.62. The molecule has 0 spiro atoms. The molecule has 2 aliphatic carbocycles. The highest BCUT2D eigenvalue weighted by atomic mass is 16.1. The van der Waals surface area contributed by atoms with Gasteiger partial charge in [-0.1, -0.05) is 20.3 Å². The molecule has 2 saturated carbocycles. The summed E-state index contributed by atoms with van der Waals surface area (Å²) in [4.78, 5) is 21.4. The van der Waals surface area contributed by atoms with E-state index in [4.69, 9.17) is 0 Å². The van der Waals surface area contributed by atoms with Gasteiger partial charge in [-0.05, 0) is 37.0 Å². The Hall–Kier alpha value is -1.32. The summed E-state index contributed by atoms with van der Waals surface area (Å²) in [7, 11) is 2.07. The molecule has 1 heterocycles. The number of hydrogen-bond donors (Lipinski definition) is 1. The lowest BCUT2D eigenvalue weighted by atomic mass is 9.88. The lowest BCUT2D eigenvalue weighted by molar-refractivity contribution is 0.337. The third kappa shape index (κ3) is 2.60. The summed E-state index contributed by atoms with van der Waals surface area (Å²) in [5.41, 5.74) is -0.0431. The highest BCUT2D eigenvalue weighted by Crippen LogP contribution is 2.48. The van der Waals surface area contributed by atoms with Gasteiger partial charge in [0.25, 0.3) is 5.56 Å². The second kappa shape index (κ2) is 5.23. The van der Waals surface area contributed by atoms with Crippen LogP contribution in [0.5, 0.6) is 0 Å². The van der Waals surface area contributed by atoms with E-state index in [1.54, 1.807) is 6.07 Å². The van der Waals surface area contributed by atoms with Crippen molar-refractivity contribution in [3.05, 3.63) is 22.2 Å². The molecule has 2 aliphatic rings. The van der Waals surface area contributed by atoms with Gasteiger partial charge in [0.15, 0.2) is 0 Å². The molecule has 4 heteroatoms. The molecular formula is C16H25N3O. The first-order valence-electron chi connectivity index (χ1n) is 7.85. The van der Waals surface area contributed by atoms with E-state index in [0.29, 0.717) is 0 Å². The van der Waals surface area contributed by atoms with E-state index < -0.39 is 0 Å².